The number of amides is 2. The molecule has 11 heteroatoms. The molecule has 252 valence electrons. The largest absolute Gasteiger partial charge is 0.493 e. The molecule has 1 saturated carbocycles. The van der Waals surface area contributed by atoms with Crippen LogP contribution in [0.5, 0.6) is 23.0 Å². The van der Waals surface area contributed by atoms with Crippen molar-refractivity contribution in [2.24, 2.45) is 5.41 Å². The van der Waals surface area contributed by atoms with E-state index in [4.69, 9.17) is 14.2 Å². The van der Waals surface area contributed by atoms with Crippen molar-refractivity contribution in [2.75, 3.05) is 30.1 Å². The number of rotatable bonds is 16. The standard InChI is InChI=1S/C37H40FN3O6S/c1-24-9-11-26(12-10-24)40-35(43)37(16-17-37)36(44)41-27-13-14-32(29(38)21-27)47-31-15-18-39-30-23-34(33(45-3)22-28(30)31)46-19-7-5-4-6-8-20-48-25(2)42/h9-15,18,21-23H,4-8,16-17,19-20H2,1-3H3,(H,40,43)(H,41,44). The summed E-state index contributed by atoms with van der Waals surface area (Å²) in [6, 6.07) is 16.6. The summed E-state index contributed by atoms with van der Waals surface area (Å²) in [5.41, 5.74) is 1.29. The highest BCUT2D eigenvalue weighted by Crippen LogP contribution is 2.47. The van der Waals surface area contributed by atoms with Crippen molar-refractivity contribution < 1.29 is 33.0 Å². The van der Waals surface area contributed by atoms with E-state index in [2.05, 4.69) is 15.6 Å². The monoisotopic (exact) mass is 673 g/mol. The molecule has 0 saturated heterocycles. The van der Waals surface area contributed by atoms with Crippen molar-refractivity contribution in [3.63, 3.8) is 0 Å². The minimum atomic E-state index is -1.19. The average molecular weight is 674 g/mol. The van der Waals surface area contributed by atoms with Crippen molar-refractivity contribution in [1.82, 2.24) is 4.98 Å². The average Bonchev–Trinajstić information content (AvgIpc) is 3.88. The van der Waals surface area contributed by atoms with Gasteiger partial charge in [0, 0.05) is 47.8 Å². The van der Waals surface area contributed by atoms with Gasteiger partial charge in [-0.2, -0.15) is 0 Å². The number of methoxy groups -OCH3 is 1. The Bertz CT molecular complexity index is 1780. The van der Waals surface area contributed by atoms with Gasteiger partial charge in [-0.3, -0.25) is 19.4 Å². The molecule has 0 spiro atoms. The van der Waals surface area contributed by atoms with Crippen LogP contribution in [0, 0.1) is 18.2 Å². The molecule has 0 unspecified atom stereocenters. The number of pyridine rings is 1. The van der Waals surface area contributed by atoms with E-state index in [1.165, 1.54) is 30.0 Å². The predicted molar refractivity (Wildman–Crippen MR) is 187 cm³/mol. The van der Waals surface area contributed by atoms with Gasteiger partial charge in [0.25, 0.3) is 0 Å². The van der Waals surface area contributed by atoms with Gasteiger partial charge in [0.2, 0.25) is 11.8 Å². The van der Waals surface area contributed by atoms with E-state index in [1.807, 2.05) is 19.1 Å². The van der Waals surface area contributed by atoms with Gasteiger partial charge in [0.05, 0.1) is 19.2 Å². The number of aromatic nitrogens is 1. The minimum absolute atomic E-state index is 0.0436. The van der Waals surface area contributed by atoms with Crippen molar-refractivity contribution in [3.8, 4) is 23.0 Å². The first-order valence-electron chi connectivity index (χ1n) is 16.1. The molecule has 0 aliphatic heterocycles. The van der Waals surface area contributed by atoms with Crippen molar-refractivity contribution in [3.05, 3.63) is 78.2 Å². The first-order chi connectivity index (χ1) is 23.2. The van der Waals surface area contributed by atoms with Crippen LogP contribution < -0.4 is 24.8 Å². The number of thioether (sulfide) groups is 1. The first kappa shape index (κ1) is 34.7. The summed E-state index contributed by atoms with van der Waals surface area (Å²) in [5.74, 6) is 0.700. The molecule has 1 aliphatic rings. The third-order valence-corrected chi connectivity index (χ3v) is 9.08. The minimum Gasteiger partial charge on any atom is -0.493 e. The van der Waals surface area contributed by atoms with Crippen molar-refractivity contribution >= 4 is 51.0 Å². The van der Waals surface area contributed by atoms with Crippen molar-refractivity contribution in [1.29, 1.82) is 0 Å². The highest BCUT2D eigenvalue weighted by molar-refractivity contribution is 8.13. The molecule has 2 N–H and O–H groups in total. The smallest absolute Gasteiger partial charge is 0.240 e. The summed E-state index contributed by atoms with van der Waals surface area (Å²) in [5, 5.41) is 6.28. The first-order valence-corrected chi connectivity index (χ1v) is 17.1. The van der Waals surface area contributed by atoms with E-state index in [-0.39, 0.29) is 22.5 Å². The topological polar surface area (TPSA) is 116 Å². The van der Waals surface area contributed by atoms with Crippen LogP contribution in [-0.4, -0.2) is 41.4 Å². The van der Waals surface area contributed by atoms with E-state index >= 15 is 4.39 Å². The number of nitrogens with one attached hydrogen (secondary N) is 2. The maximum Gasteiger partial charge on any atom is 0.240 e. The maximum absolute atomic E-state index is 15.3. The lowest BCUT2D eigenvalue weighted by molar-refractivity contribution is -0.131. The quantitative estimate of drug-likeness (QED) is 0.0899. The number of nitrogens with zero attached hydrogens (tertiary/aromatic N) is 1. The number of carbonyl (C=O) groups is 3. The summed E-state index contributed by atoms with van der Waals surface area (Å²) in [6.45, 7) is 4.07. The second kappa shape index (κ2) is 16.0. The van der Waals surface area contributed by atoms with E-state index in [0.717, 1.165) is 43.4 Å². The molecule has 0 radical (unpaired) electrons. The number of anilines is 2. The predicted octanol–water partition coefficient (Wildman–Crippen LogP) is 8.45. The maximum atomic E-state index is 15.3. The van der Waals surface area contributed by atoms with Crippen LogP contribution in [0.3, 0.4) is 0 Å². The Morgan fingerprint density at radius 3 is 2.21 bits per heavy atom. The molecule has 1 fully saturated rings. The Labute approximate surface area is 283 Å². The Hall–Kier alpha value is -4.64. The molecule has 3 aromatic carbocycles. The molecule has 2 amide bonds. The zero-order chi connectivity index (χ0) is 34.1. The highest BCUT2D eigenvalue weighted by Gasteiger charge is 2.56. The number of carbonyl (C=O) groups excluding carboxylic acids is 3. The van der Waals surface area contributed by atoms with Crippen LogP contribution >= 0.6 is 11.8 Å². The number of benzene rings is 3. The molecule has 4 aromatic rings. The van der Waals surface area contributed by atoms with Gasteiger partial charge in [0.15, 0.2) is 28.2 Å². The molecular formula is C37H40FN3O6S. The van der Waals surface area contributed by atoms with Gasteiger partial charge in [-0.15, -0.1) is 0 Å². The van der Waals surface area contributed by atoms with E-state index in [0.29, 0.717) is 53.3 Å². The number of hydrogen-bond donors (Lipinski definition) is 2. The molecule has 0 bridgehead atoms. The fourth-order valence-corrected chi connectivity index (χ4v) is 5.86. The molecule has 9 nitrogen and oxygen atoms in total. The van der Waals surface area contributed by atoms with Crippen LogP contribution in [0.25, 0.3) is 10.9 Å². The molecule has 1 aromatic heterocycles. The molecule has 5 rings (SSSR count). The summed E-state index contributed by atoms with van der Waals surface area (Å²) >= 11 is 1.37. The van der Waals surface area contributed by atoms with Crippen LogP contribution in [0.4, 0.5) is 15.8 Å². The normalized spacial score (nSPS) is 13.1. The number of ether oxygens (including phenoxy) is 3. The molecule has 1 aliphatic carbocycles. The highest BCUT2D eigenvalue weighted by atomic mass is 32.2. The lowest BCUT2D eigenvalue weighted by atomic mass is 10.0. The van der Waals surface area contributed by atoms with Crippen LogP contribution in [0.15, 0.2) is 66.9 Å². The Morgan fingerprint density at radius 1 is 0.833 bits per heavy atom. The summed E-state index contributed by atoms with van der Waals surface area (Å²) in [7, 11) is 1.55. The lowest BCUT2D eigenvalue weighted by Crippen LogP contribution is -2.35. The summed E-state index contributed by atoms with van der Waals surface area (Å²) in [6.07, 6.45) is 7.49. The van der Waals surface area contributed by atoms with Crippen LogP contribution in [0.1, 0.15) is 57.4 Å². The van der Waals surface area contributed by atoms with E-state index in [1.54, 1.807) is 50.6 Å². The molecule has 0 atom stereocenters. The van der Waals surface area contributed by atoms with Gasteiger partial charge in [0.1, 0.15) is 11.2 Å². The number of fused-ring (bicyclic) bond motifs is 1. The van der Waals surface area contributed by atoms with Gasteiger partial charge < -0.3 is 24.8 Å². The molecular weight excluding hydrogens is 633 g/mol. The Balaban J connectivity index is 1.18. The zero-order valence-electron chi connectivity index (χ0n) is 27.4. The Kier molecular flexibility index (Phi) is 11.5. The number of aryl methyl sites for hydroxylation is 1. The zero-order valence-corrected chi connectivity index (χ0v) is 28.2. The van der Waals surface area contributed by atoms with Gasteiger partial charge >= 0.3 is 0 Å². The second-order valence-corrected chi connectivity index (χ2v) is 13.2. The Morgan fingerprint density at radius 2 is 1.52 bits per heavy atom. The molecule has 48 heavy (non-hydrogen) atoms. The third-order valence-electron chi connectivity index (χ3n) is 8.18. The van der Waals surface area contributed by atoms with E-state index in [9.17, 15) is 14.4 Å². The van der Waals surface area contributed by atoms with Crippen LogP contribution in [-0.2, 0) is 14.4 Å². The van der Waals surface area contributed by atoms with Gasteiger partial charge in [-0.05, 0) is 69.0 Å². The van der Waals surface area contributed by atoms with Gasteiger partial charge in [-0.1, -0.05) is 48.7 Å². The SMILES string of the molecule is COc1cc2c(Oc3ccc(NC(=O)C4(C(=O)Nc5ccc(C)cc5)CC4)cc3F)ccnc2cc1OCCCCCCCSC(C)=O. The number of hydrogen-bond acceptors (Lipinski definition) is 8. The fraction of sp³-hybridized carbons (Fsp3) is 0.351. The third kappa shape index (κ3) is 8.83. The summed E-state index contributed by atoms with van der Waals surface area (Å²) in [4.78, 5) is 41.5. The summed E-state index contributed by atoms with van der Waals surface area (Å²) < 4.78 is 32.9. The lowest BCUT2D eigenvalue weighted by Gasteiger charge is -2.16. The number of unbranched alkanes of at least 4 members (excludes halogenated alkanes) is 4. The number of halogens is 1. The fourth-order valence-electron chi connectivity index (χ4n) is 5.22. The van der Waals surface area contributed by atoms with E-state index < -0.39 is 17.1 Å². The van der Waals surface area contributed by atoms with Gasteiger partial charge in [-0.25, -0.2) is 4.39 Å². The van der Waals surface area contributed by atoms with Crippen molar-refractivity contribution in [2.45, 2.75) is 58.8 Å². The molecule has 1 heterocycles. The van der Waals surface area contributed by atoms with Crippen LogP contribution in [0.2, 0.25) is 0 Å². The second-order valence-electron chi connectivity index (χ2n) is 11.9.